The number of carbonyl (C=O) groups is 1. The van der Waals surface area contributed by atoms with Crippen molar-refractivity contribution in [3.8, 4) is 11.4 Å². The molecular formula is C20H26N6O2. The maximum Gasteiger partial charge on any atom is 0.254 e. The van der Waals surface area contributed by atoms with E-state index in [1.54, 1.807) is 0 Å². The monoisotopic (exact) mass is 382 g/mol. The van der Waals surface area contributed by atoms with Gasteiger partial charge in [-0.25, -0.2) is 0 Å². The Morgan fingerprint density at radius 3 is 2.89 bits per heavy atom. The van der Waals surface area contributed by atoms with E-state index in [0.717, 1.165) is 19.5 Å². The second kappa shape index (κ2) is 7.25. The third kappa shape index (κ3) is 2.91. The van der Waals surface area contributed by atoms with E-state index in [2.05, 4.69) is 25.5 Å². The lowest BCUT2D eigenvalue weighted by molar-refractivity contribution is -0.0795. The summed E-state index contributed by atoms with van der Waals surface area (Å²) in [5, 5.41) is 24.3. The molecule has 0 unspecified atom stereocenters. The largest absolute Gasteiger partial charge is 0.395 e. The molecule has 3 aliphatic heterocycles. The van der Waals surface area contributed by atoms with E-state index in [4.69, 9.17) is 0 Å². The zero-order valence-electron chi connectivity index (χ0n) is 15.9. The predicted molar refractivity (Wildman–Crippen MR) is 102 cm³/mol. The van der Waals surface area contributed by atoms with Gasteiger partial charge in [0.25, 0.3) is 5.91 Å². The van der Waals surface area contributed by atoms with Crippen LogP contribution in [0.1, 0.15) is 36.0 Å². The number of piperidine rings is 3. The molecule has 3 fully saturated rings. The molecule has 4 atom stereocenters. The third-order valence-corrected chi connectivity index (χ3v) is 6.84. The van der Waals surface area contributed by atoms with Gasteiger partial charge in [0.15, 0.2) is 0 Å². The zero-order chi connectivity index (χ0) is 19.1. The zero-order valence-corrected chi connectivity index (χ0v) is 15.9. The van der Waals surface area contributed by atoms with Crippen LogP contribution in [-0.4, -0.2) is 79.8 Å². The molecule has 8 heteroatoms. The topological polar surface area (TPSA) is 98.2 Å². The number of benzene rings is 1. The number of aromatic nitrogens is 4. The molecule has 2 bridgehead atoms. The Morgan fingerprint density at radius 1 is 1.21 bits per heavy atom. The summed E-state index contributed by atoms with van der Waals surface area (Å²) in [5.74, 6) is 1.28. The summed E-state index contributed by atoms with van der Waals surface area (Å²) in [4.78, 5) is 18.0. The fraction of sp³-hybridized carbons (Fsp3) is 0.600. The van der Waals surface area contributed by atoms with Gasteiger partial charge in [-0.1, -0.05) is 24.6 Å². The molecule has 1 aromatic heterocycles. The Hall–Kier alpha value is -2.32. The van der Waals surface area contributed by atoms with Crippen molar-refractivity contribution in [1.82, 2.24) is 30.4 Å². The fourth-order valence-corrected chi connectivity index (χ4v) is 5.64. The number of hydrogen-bond donors (Lipinski definition) is 2. The molecule has 1 aromatic carbocycles. The maximum absolute atomic E-state index is 13.5. The Labute approximate surface area is 163 Å². The highest BCUT2D eigenvalue weighted by atomic mass is 16.3. The highest BCUT2D eigenvalue weighted by Crippen LogP contribution is 2.41. The van der Waals surface area contributed by atoms with Crippen LogP contribution >= 0.6 is 0 Å². The number of carbonyl (C=O) groups excluding carboxylic acids is 1. The van der Waals surface area contributed by atoms with Crippen molar-refractivity contribution >= 4 is 5.91 Å². The second-order valence-corrected chi connectivity index (χ2v) is 8.30. The average Bonchev–Trinajstić information content (AvgIpc) is 3.28. The number of likely N-dealkylation sites (tertiary alicyclic amines) is 1. The van der Waals surface area contributed by atoms with Gasteiger partial charge in [0.05, 0.1) is 12.2 Å². The molecule has 3 saturated heterocycles. The van der Waals surface area contributed by atoms with E-state index < -0.39 is 0 Å². The van der Waals surface area contributed by atoms with Crippen LogP contribution in [0, 0.1) is 11.8 Å². The lowest BCUT2D eigenvalue weighted by atomic mass is 9.72. The molecule has 148 valence electrons. The van der Waals surface area contributed by atoms with Gasteiger partial charge in [0, 0.05) is 30.7 Å². The molecule has 28 heavy (non-hydrogen) atoms. The maximum atomic E-state index is 13.5. The van der Waals surface area contributed by atoms with Crippen molar-refractivity contribution in [2.75, 3.05) is 26.2 Å². The van der Waals surface area contributed by atoms with Crippen molar-refractivity contribution in [3.63, 3.8) is 0 Å². The van der Waals surface area contributed by atoms with E-state index in [1.165, 1.54) is 19.3 Å². The van der Waals surface area contributed by atoms with E-state index in [0.29, 0.717) is 41.4 Å². The second-order valence-electron chi connectivity index (χ2n) is 8.30. The Balaban J connectivity index is 1.43. The lowest BCUT2D eigenvalue weighted by Gasteiger charge is -2.56. The summed E-state index contributed by atoms with van der Waals surface area (Å²) in [6.07, 6.45) is 4.75. The first-order chi connectivity index (χ1) is 13.8. The minimum absolute atomic E-state index is 0.0241. The molecule has 2 N–H and O–H groups in total. The predicted octanol–water partition coefficient (Wildman–Crippen LogP) is 1.17. The number of H-pyrrole nitrogens is 1. The van der Waals surface area contributed by atoms with Crippen LogP contribution in [0.15, 0.2) is 24.3 Å². The molecule has 4 heterocycles. The summed E-state index contributed by atoms with van der Waals surface area (Å²) < 4.78 is 0. The van der Waals surface area contributed by atoms with Gasteiger partial charge in [-0.15, -0.1) is 10.2 Å². The summed E-state index contributed by atoms with van der Waals surface area (Å²) in [6, 6.07) is 8.13. The first-order valence-electron chi connectivity index (χ1n) is 10.2. The van der Waals surface area contributed by atoms with E-state index in [1.807, 2.05) is 29.2 Å². The molecular weight excluding hydrogens is 356 g/mol. The molecule has 0 saturated carbocycles. The number of nitrogens with one attached hydrogen (secondary N) is 1. The Bertz CT molecular complexity index is 827. The van der Waals surface area contributed by atoms with Crippen molar-refractivity contribution < 1.29 is 9.90 Å². The van der Waals surface area contributed by atoms with Gasteiger partial charge in [0.2, 0.25) is 5.82 Å². The van der Waals surface area contributed by atoms with Gasteiger partial charge in [-0.3, -0.25) is 9.69 Å². The highest BCUT2D eigenvalue weighted by molar-refractivity contribution is 6.00. The minimum atomic E-state index is 0.0241. The number of fused-ring (bicyclic) bond motifs is 4. The van der Waals surface area contributed by atoms with Gasteiger partial charge < -0.3 is 10.0 Å². The Morgan fingerprint density at radius 2 is 2.07 bits per heavy atom. The summed E-state index contributed by atoms with van der Waals surface area (Å²) >= 11 is 0. The van der Waals surface area contributed by atoms with Crippen molar-refractivity contribution in [2.24, 2.45) is 11.8 Å². The van der Waals surface area contributed by atoms with Gasteiger partial charge in [-0.2, -0.15) is 5.21 Å². The van der Waals surface area contributed by atoms with E-state index in [-0.39, 0.29) is 18.6 Å². The van der Waals surface area contributed by atoms with Gasteiger partial charge in [0.1, 0.15) is 0 Å². The molecule has 0 radical (unpaired) electrons. The van der Waals surface area contributed by atoms with Crippen LogP contribution in [0.4, 0.5) is 0 Å². The van der Waals surface area contributed by atoms with Gasteiger partial charge in [-0.05, 0) is 48.9 Å². The van der Waals surface area contributed by atoms with Crippen LogP contribution in [0.25, 0.3) is 11.4 Å². The molecule has 5 rings (SSSR count). The SMILES string of the molecule is O=C(c1ccccc1-c1nn[nH]n1)N1C[C@H]2C[C@@H](C1)[C@H](CO)N1CCCC[C@@H]21. The van der Waals surface area contributed by atoms with Crippen molar-refractivity contribution in [3.05, 3.63) is 29.8 Å². The van der Waals surface area contributed by atoms with Crippen LogP contribution < -0.4 is 0 Å². The number of aliphatic hydroxyl groups is 1. The fourth-order valence-electron chi connectivity index (χ4n) is 5.64. The number of aromatic amines is 1. The normalized spacial score (nSPS) is 30.1. The number of nitrogens with zero attached hydrogens (tertiary/aromatic N) is 5. The molecule has 0 aliphatic carbocycles. The minimum Gasteiger partial charge on any atom is -0.395 e. The molecule has 1 amide bonds. The number of amides is 1. The standard InChI is InChI=1S/C20H26N6O2/c27-12-18-14-9-13(17-7-3-4-8-26(17)18)10-25(11-14)20(28)16-6-2-1-5-15(16)19-21-23-24-22-19/h1-2,5-6,13-14,17-18,27H,3-4,7-12H2,(H,21,22,23,24)/t13-,14+,17+,18+/m1/s1. The molecule has 3 aliphatic rings. The summed E-state index contributed by atoms with van der Waals surface area (Å²) in [5.41, 5.74) is 1.32. The van der Waals surface area contributed by atoms with E-state index in [9.17, 15) is 9.90 Å². The number of hydrogen-bond acceptors (Lipinski definition) is 6. The first kappa shape index (κ1) is 17.8. The number of tetrazole rings is 1. The molecule has 2 aromatic rings. The first-order valence-corrected chi connectivity index (χ1v) is 10.2. The quantitative estimate of drug-likeness (QED) is 0.827. The van der Waals surface area contributed by atoms with Crippen molar-refractivity contribution in [1.29, 1.82) is 0 Å². The summed E-state index contributed by atoms with van der Waals surface area (Å²) in [7, 11) is 0. The van der Waals surface area contributed by atoms with Crippen LogP contribution in [0.2, 0.25) is 0 Å². The van der Waals surface area contributed by atoms with Crippen molar-refractivity contribution in [2.45, 2.75) is 37.8 Å². The summed E-state index contributed by atoms with van der Waals surface area (Å²) in [6.45, 7) is 2.74. The van der Waals surface area contributed by atoms with E-state index >= 15 is 0 Å². The smallest absolute Gasteiger partial charge is 0.254 e. The average molecular weight is 382 g/mol. The number of aliphatic hydroxyl groups excluding tert-OH is 1. The van der Waals surface area contributed by atoms with Crippen LogP contribution in [0.3, 0.4) is 0 Å². The Kier molecular flexibility index (Phi) is 4.60. The van der Waals surface area contributed by atoms with Crippen LogP contribution in [-0.2, 0) is 0 Å². The lowest BCUT2D eigenvalue weighted by Crippen LogP contribution is -2.65. The van der Waals surface area contributed by atoms with Crippen LogP contribution in [0.5, 0.6) is 0 Å². The molecule has 0 spiro atoms. The third-order valence-electron chi connectivity index (χ3n) is 6.84. The van der Waals surface area contributed by atoms with Gasteiger partial charge >= 0.3 is 0 Å². The highest BCUT2D eigenvalue weighted by Gasteiger charge is 2.47. The molecule has 8 nitrogen and oxygen atoms in total. The number of rotatable bonds is 3.